The van der Waals surface area contributed by atoms with E-state index in [0.29, 0.717) is 16.8 Å². The van der Waals surface area contributed by atoms with Crippen LogP contribution in [0.5, 0.6) is 0 Å². The van der Waals surface area contributed by atoms with Gasteiger partial charge in [-0.05, 0) is 49.2 Å². The van der Waals surface area contributed by atoms with Crippen LogP contribution in [0.25, 0.3) is 0 Å². The topological polar surface area (TPSA) is 92.8 Å². The van der Waals surface area contributed by atoms with E-state index in [9.17, 15) is 19.2 Å². The number of hydrogen-bond donors (Lipinski definition) is 1. The van der Waals surface area contributed by atoms with E-state index in [4.69, 9.17) is 4.74 Å². The van der Waals surface area contributed by atoms with Crippen LogP contribution in [-0.2, 0) is 9.53 Å². The zero-order chi connectivity index (χ0) is 19.0. The van der Waals surface area contributed by atoms with Gasteiger partial charge in [-0.25, -0.2) is 9.69 Å². The molecule has 4 rings (SSSR count). The highest BCUT2D eigenvalue weighted by Gasteiger charge is 2.35. The Morgan fingerprint density at radius 2 is 1.56 bits per heavy atom. The van der Waals surface area contributed by atoms with Crippen LogP contribution in [0.3, 0.4) is 0 Å². The summed E-state index contributed by atoms with van der Waals surface area (Å²) >= 11 is 0. The maximum Gasteiger partial charge on any atom is 0.339 e. The summed E-state index contributed by atoms with van der Waals surface area (Å²) in [6.07, 6.45) is 1.82. The van der Waals surface area contributed by atoms with Gasteiger partial charge >= 0.3 is 5.97 Å². The average molecular weight is 364 g/mol. The molecule has 2 aliphatic rings. The van der Waals surface area contributed by atoms with Crippen molar-refractivity contribution in [1.29, 1.82) is 0 Å². The highest BCUT2D eigenvalue weighted by Crippen LogP contribution is 2.30. The molecule has 0 unspecified atom stereocenters. The zero-order valence-electron chi connectivity index (χ0n) is 14.3. The number of amides is 3. The minimum atomic E-state index is -0.661. The van der Waals surface area contributed by atoms with Crippen molar-refractivity contribution in [3.63, 3.8) is 0 Å². The van der Waals surface area contributed by atoms with Gasteiger partial charge < -0.3 is 10.1 Å². The number of carbonyl (C=O) groups is 4. The molecule has 27 heavy (non-hydrogen) atoms. The highest BCUT2D eigenvalue weighted by atomic mass is 16.5. The second-order valence-electron chi connectivity index (χ2n) is 6.49. The number of imide groups is 1. The lowest BCUT2D eigenvalue weighted by atomic mass is 10.1. The minimum absolute atomic E-state index is 0.0176. The Kier molecular flexibility index (Phi) is 4.19. The molecular formula is C20H16N2O5. The van der Waals surface area contributed by atoms with Crippen LogP contribution in [0.1, 0.15) is 43.9 Å². The van der Waals surface area contributed by atoms with Gasteiger partial charge in [0.1, 0.15) is 0 Å². The number of esters is 1. The number of nitrogens with one attached hydrogen (secondary N) is 1. The third kappa shape index (κ3) is 3.31. The number of hydrogen-bond acceptors (Lipinski definition) is 5. The first-order chi connectivity index (χ1) is 13.0. The molecule has 0 spiro atoms. The van der Waals surface area contributed by atoms with E-state index in [-0.39, 0.29) is 17.4 Å². The first-order valence-corrected chi connectivity index (χ1v) is 8.58. The number of anilines is 1. The van der Waals surface area contributed by atoms with Crippen LogP contribution in [-0.4, -0.2) is 35.3 Å². The molecule has 0 radical (unpaired) electrons. The summed E-state index contributed by atoms with van der Waals surface area (Å²) in [6, 6.07) is 12.7. The summed E-state index contributed by atoms with van der Waals surface area (Å²) in [5.74, 6) is -1.56. The van der Waals surface area contributed by atoms with Gasteiger partial charge in [-0.1, -0.05) is 12.1 Å². The quantitative estimate of drug-likeness (QED) is 0.650. The molecule has 3 amide bonds. The van der Waals surface area contributed by atoms with Gasteiger partial charge in [-0.15, -0.1) is 0 Å². The lowest BCUT2D eigenvalue weighted by molar-refractivity contribution is -0.117. The third-order valence-electron chi connectivity index (χ3n) is 4.54. The number of ether oxygens (including phenoxy) is 1. The molecule has 0 aromatic heterocycles. The van der Waals surface area contributed by atoms with Crippen LogP contribution in [0.2, 0.25) is 0 Å². The van der Waals surface area contributed by atoms with E-state index >= 15 is 0 Å². The number of benzene rings is 2. The van der Waals surface area contributed by atoms with Crippen LogP contribution in [0, 0.1) is 5.92 Å². The fourth-order valence-electron chi connectivity index (χ4n) is 2.84. The lowest BCUT2D eigenvalue weighted by Gasteiger charge is -2.14. The molecule has 1 aliphatic carbocycles. The van der Waals surface area contributed by atoms with Gasteiger partial charge in [-0.2, -0.15) is 0 Å². The molecule has 7 heteroatoms. The number of fused-ring (bicyclic) bond motifs is 1. The van der Waals surface area contributed by atoms with Crippen molar-refractivity contribution >= 4 is 29.4 Å². The van der Waals surface area contributed by atoms with E-state index in [1.165, 1.54) is 12.1 Å². The lowest BCUT2D eigenvalue weighted by Crippen LogP contribution is -2.33. The molecular weight excluding hydrogens is 348 g/mol. The summed E-state index contributed by atoms with van der Waals surface area (Å²) in [4.78, 5) is 49.3. The first kappa shape index (κ1) is 17.0. The Morgan fingerprint density at radius 1 is 0.963 bits per heavy atom. The number of nitrogens with zero attached hydrogens (tertiary/aromatic N) is 1. The zero-order valence-corrected chi connectivity index (χ0v) is 14.3. The Labute approximate surface area is 154 Å². The van der Waals surface area contributed by atoms with Gasteiger partial charge in [0.25, 0.3) is 11.8 Å². The van der Waals surface area contributed by atoms with Gasteiger partial charge in [0, 0.05) is 11.6 Å². The second kappa shape index (κ2) is 6.68. The number of carbonyl (C=O) groups excluding carboxylic acids is 4. The highest BCUT2D eigenvalue weighted by molar-refractivity contribution is 6.21. The third-order valence-corrected chi connectivity index (χ3v) is 4.54. The van der Waals surface area contributed by atoms with Crippen molar-refractivity contribution in [2.24, 2.45) is 5.92 Å². The van der Waals surface area contributed by atoms with Gasteiger partial charge in [-0.3, -0.25) is 14.4 Å². The maximum absolute atomic E-state index is 12.2. The Balaban J connectivity index is 1.36. The molecule has 1 heterocycles. The van der Waals surface area contributed by atoms with Crippen LogP contribution in [0.15, 0.2) is 48.5 Å². The summed E-state index contributed by atoms with van der Waals surface area (Å²) in [5, 5.41) is 2.78. The summed E-state index contributed by atoms with van der Waals surface area (Å²) in [5.41, 5.74) is 1.46. The minimum Gasteiger partial charge on any atom is -0.440 e. The second-order valence-corrected chi connectivity index (χ2v) is 6.49. The van der Waals surface area contributed by atoms with E-state index in [0.717, 1.165) is 17.7 Å². The Hall–Kier alpha value is -3.48. The van der Waals surface area contributed by atoms with Crippen molar-refractivity contribution in [3.05, 3.63) is 65.2 Å². The number of rotatable bonds is 5. The molecule has 2 aromatic carbocycles. The standard InChI is InChI=1S/C20H16N2O5/c23-17(12-5-6-12)21-14-9-7-13(8-10-14)20(26)27-11-22-18(24)15-3-1-2-4-16(15)19(22)25/h1-4,7-10,12H,5-6,11H2,(H,21,23). The fourth-order valence-corrected chi connectivity index (χ4v) is 2.84. The summed E-state index contributed by atoms with van der Waals surface area (Å²) in [7, 11) is 0. The smallest absolute Gasteiger partial charge is 0.339 e. The van der Waals surface area contributed by atoms with Crippen molar-refractivity contribution in [3.8, 4) is 0 Å². The molecule has 0 saturated heterocycles. The predicted octanol–water partition coefficient (Wildman–Crippen LogP) is 2.45. The van der Waals surface area contributed by atoms with Crippen LogP contribution < -0.4 is 5.32 Å². The van der Waals surface area contributed by atoms with Crippen LogP contribution >= 0.6 is 0 Å². The van der Waals surface area contributed by atoms with E-state index in [1.807, 2.05) is 0 Å². The average Bonchev–Trinajstić information content (AvgIpc) is 3.50. The predicted molar refractivity (Wildman–Crippen MR) is 95.0 cm³/mol. The van der Waals surface area contributed by atoms with E-state index < -0.39 is 24.5 Å². The van der Waals surface area contributed by atoms with Crippen molar-refractivity contribution in [1.82, 2.24) is 4.90 Å². The van der Waals surface area contributed by atoms with Crippen molar-refractivity contribution < 1.29 is 23.9 Å². The largest absolute Gasteiger partial charge is 0.440 e. The molecule has 0 atom stereocenters. The fraction of sp³-hybridized carbons (Fsp3) is 0.200. The molecule has 1 N–H and O–H groups in total. The van der Waals surface area contributed by atoms with Gasteiger partial charge in [0.2, 0.25) is 5.91 Å². The summed E-state index contributed by atoms with van der Waals surface area (Å²) < 4.78 is 5.11. The van der Waals surface area contributed by atoms with Crippen LogP contribution in [0.4, 0.5) is 5.69 Å². The molecule has 136 valence electrons. The molecule has 7 nitrogen and oxygen atoms in total. The molecule has 1 aliphatic heterocycles. The van der Waals surface area contributed by atoms with Gasteiger partial charge in [0.15, 0.2) is 6.73 Å². The Morgan fingerprint density at radius 3 is 2.11 bits per heavy atom. The molecule has 1 saturated carbocycles. The maximum atomic E-state index is 12.2. The normalized spacial score (nSPS) is 15.5. The monoisotopic (exact) mass is 364 g/mol. The first-order valence-electron chi connectivity index (χ1n) is 8.58. The molecule has 0 bridgehead atoms. The SMILES string of the molecule is O=C(OCN1C(=O)c2ccccc2C1=O)c1ccc(NC(=O)C2CC2)cc1. The molecule has 2 aromatic rings. The van der Waals surface area contributed by atoms with Gasteiger partial charge in [0.05, 0.1) is 16.7 Å². The molecule has 1 fully saturated rings. The van der Waals surface area contributed by atoms with Crippen molar-refractivity contribution in [2.45, 2.75) is 12.8 Å². The van der Waals surface area contributed by atoms with E-state index in [2.05, 4.69) is 5.32 Å². The van der Waals surface area contributed by atoms with Crippen molar-refractivity contribution in [2.75, 3.05) is 12.0 Å². The summed E-state index contributed by atoms with van der Waals surface area (Å²) in [6.45, 7) is -0.453. The van der Waals surface area contributed by atoms with E-state index in [1.54, 1.807) is 36.4 Å². The Bertz CT molecular complexity index is 912.